The van der Waals surface area contributed by atoms with Crippen molar-refractivity contribution in [3.05, 3.63) is 35.4 Å². The summed E-state index contributed by atoms with van der Waals surface area (Å²) >= 11 is 0. The Bertz CT molecular complexity index is 517. The topological polar surface area (TPSA) is 69.6 Å². The predicted octanol–water partition coefficient (Wildman–Crippen LogP) is 2.12. The summed E-state index contributed by atoms with van der Waals surface area (Å²) in [6.45, 7) is 6.76. The van der Waals surface area contributed by atoms with E-state index in [0.717, 1.165) is 31.5 Å². The number of benzene rings is 1. The number of carboxylic acid groups (broad SMARTS) is 1. The van der Waals surface area contributed by atoms with Crippen molar-refractivity contribution in [3.63, 3.8) is 0 Å². The molecule has 0 unspecified atom stereocenters. The summed E-state index contributed by atoms with van der Waals surface area (Å²) in [6.07, 6.45) is 1.81. The number of aromatic carboxylic acids is 1. The second kappa shape index (κ2) is 7.40. The lowest BCUT2D eigenvalue weighted by atomic mass is 9.95. The van der Waals surface area contributed by atoms with E-state index in [1.54, 1.807) is 24.3 Å². The van der Waals surface area contributed by atoms with Gasteiger partial charge in [-0.15, -0.1) is 0 Å². The van der Waals surface area contributed by atoms with Crippen molar-refractivity contribution in [3.8, 4) is 0 Å². The van der Waals surface area contributed by atoms with Gasteiger partial charge in [0.05, 0.1) is 5.56 Å². The number of carbonyl (C=O) groups excluding carboxylic acids is 1. The average molecular weight is 304 g/mol. The number of piperidine rings is 1. The van der Waals surface area contributed by atoms with Crippen LogP contribution in [-0.4, -0.2) is 41.0 Å². The Kier molecular flexibility index (Phi) is 5.55. The molecule has 1 aliphatic heterocycles. The van der Waals surface area contributed by atoms with Crippen molar-refractivity contribution in [2.24, 2.45) is 5.92 Å². The average Bonchev–Trinajstić information content (AvgIpc) is 2.53. The van der Waals surface area contributed by atoms with Crippen molar-refractivity contribution >= 4 is 11.9 Å². The molecule has 1 amide bonds. The maximum absolute atomic E-state index is 12.2. The molecule has 0 radical (unpaired) electrons. The Hall–Kier alpha value is -1.88. The highest BCUT2D eigenvalue weighted by Gasteiger charge is 2.25. The zero-order valence-corrected chi connectivity index (χ0v) is 13.2. The molecule has 2 rings (SSSR count). The molecular formula is C17H24N2O3. The van der Waals surface area contributed by atoms with Crippen molar-refractivity contribution in [2.45, 2.75) is 39.3 Å². The molecule has 120 valence electrons. The molecule has 22 heavy (non-hydrogen) atoms. The maximum Gasteiger partial charge on any atom is 0.335 e. The van der Waals surface area contributed by atoms with Gasteiger partial charge < -0.3 is 15.3 Å². The molecule has 0 aliphatic carbocycles. The predicted molar refractivity (Wildman–Crippen MR) is 84.7 cm³/mol. The molecule has 0 saturated carbocycles. The number of nitrogens with one attached hydrogen (secondary N) is 1. The number of nitrogens with zero attached hydrogens (tertiary/aromatic N) is 1. The van der Waals surface area contributed by atoms with E-state index in [1.807, 2.05) is 0 Å². The number of carbonyl (C=O) groups is 2. The number of rotatable bonds is 5. The Morgan fingerprint density at radius 3 is 2.32 bits per heavy atom. The first-order chi connectivity index (χ1) is 10.5. The minimum Gasteiger partial charge on any atom is -0.478 e. The lowest BCUT2D eigenvalue weighted by Gasteiger charge is -2.33. The quantitative estimate of drug-likeness (QED) is 0.874. The van der Waals surface area contributed by atoms with Gasteiger partial charge in [-0.25, -0.2) is 4.79 Å². The van der Waals surface area contributed by atoms with Crippen LogP contribution in [0.25, 0.3) is 0 Å². The summed E-state index contributed by atoms with van der Waals surface area (Å²) in [5.41, 5.74) is 1.18. The normalized spacial score (nSPS) is 16.7. The number of hydrogen-bond acceptors (Lipinski definition) is 3. The largest absolute Gasteiger partial charge is 0.478 e. The van der Waals surface area contributed by atoms with Gasteiger partial charge in [-0.3, -0.25) is 4.79 Å². The van der Waals surface area contributed by atoms with Crippen LogP contribution in [0.15, 0.2) is 24.3 Å². The summed E-state index contributed by atoms with van der Waals surface area (Å²) in [5.74, 6) is -0.744. The zero-order chi connectivity index (χ0) is 16.1. The molecule has 5 nitrogen and oxygen atoms in total. The fraction of sp³-hybridized carbons (Fsp3) is 0.529. The van der Waals surface area contributed by atoms with Crippen LogP contribution in [0.2, 0.25) is 0 Å². The lowest BCUT2D eigenvalue weighted by Crippen LogP contribution is -2.42. The summed E-state index contributed by atoms with van der Waals surface area (Å²) in [4.78, 5) is 25.4. The standard InChI is InChI=1S/C17H24N2O3/c1-12(2)19-9-7-14(8-10-19)16(20)18-11-13-3-5-15(6-4-13)17(21)22/h3-6,12,14H,7-11H2,1-2H3,(H,18,20)(H,21,22). The molecule has 1 aromatic carbocycles. The van der Waals surface area contributed by atoms with E-state index in [2.05, 4.69) is 24.1 Å². The maximum atomic E-state index is 12.2. The SMILES string of the molecule is CC(C)N1CCC(C(=O)NCc2ccc(C(=O)O)cc2)CC1. The van der Waals surface area contributed by atoms with Gasteiger partial charge in [0.25, 0.3) is 0 Å². The number of likely N-dealkylation sites (tertiary alicyclic amines) is 1. The molecule has 1 heterocycles. The Balaban J connectivity index is 1.79. The van der Waals surface area contributed by atoms with Crippen molar-refractivity contribution < 1.29 is 14.7 Å². The van der Waals surface area contributed by atoms with Gasteiger partial charge in [0.1, 0.15) is 0 Å². The molecule has 0 bridgehead atoms. The van der Waals surface area contributed by atoms with Crippen LogP contribution in [0, 0.1) is 5.92 Å². The fourth-order valence-electron chi connectivity index (χ4n) is 2.78. The lowest BCUT2D eigenvalue weighted by molar-refractivity contribution is -0.126. The molecule has 1 aromatic rings. The van der Waals surface area contributed by atoms with Crippen LogP contribution in [0.3, 0.4) is 0 Å². The van der Waals surface area contributed by atoms with E-state index in [-0.39, 0.29) is 17.4 Å². The van der Waals surface area contributed by atoms with Gasteiger partial charge in [-0.05, 0) is 57.5 Å². The molecule has 0 atom stereocenters. The van der Waals surface area contributed by atoms with Gasteiger partial charge in [-0.2, -0.15) is 0 Å². The highest BCUT2D eigenvalue weighted by molar-refractivity contribution is 5.87. The second-order valence-electron chi connectivity index (χ2n) is 6.12. The third-order valence-corrected chi connectivity index (χ3v) is 4.30. The van der Waals surface area contributed by atoms with E-state index in [9.17, 15) is 9.59 Å². The van der Waals surface area contributed by atoms with Crippen LogP contribution in [0.1, 0.15) is 42.6 Å². The van der Waals surface area contributed by atoms with Gasteiger partial charge in [0.15, 0.2) is 0 Å². The van der Waals surface area contributed by atoms with Crippen molar-refractivity contribution in [1.82, 2.24) is 10.2 Å². The van der Waals surface area contributed by atoms with Crippen LogP contribution in [-0.2, 0) is 11.3 Å². The molecular weight excluding hydrogens is 280 g/mol. The van der Waals surface area contributed by atoms with E-state index < -0.39 is 5.97 Å². The van der Waals surface area contributed by atoms with E-state index in [1.165, 1.54) is 0 Å². The zero-order valence-electron chi connectivity index (χ0n) is 13.2. The van der Waals surface area contributed by atoms with Crippen LogP contribution in [0.5, 0.6) is 0 Å². The summed E-state index contributed by atoms with van der Waals surface area (Å²) in [5, 5.41) is 11.8. The second-order valence-corrected chi connectivity index (χ2v) is 6.12. The third-order valence-electron chi connectivity index (χ3n) is 4.30. The summed E-state index contributed by atoms with van der Waals surface area (Å²) < 4.78 is 0. The van der Waals surface area contributed by atoms with Gasteiger partial charge in [-0.1, -0.05) is 12.1 Å². The van der Waals surface area contributed by atoms with Crippen LogP contribution in [0.4, 0.5) is 0 Å². The first kappa shape index (κ1) is 16.5. The number of amides is 1. The molecule has 1 fully saturated rings. The highest BCUT2D eigenvalue weighted by atomic mass is 16.4. The molecule has 5 heteroatoms. The minimum atomic E-state index is -0.938. The summed E-state index contributed by atoms with van der Waals surface area (Å²) in [7, 11) is 0. The van der Waals surface area contributed by atoms with Crippen LogP contribution >= 0.6 is 0 Å². The Morgan fingerprint density at radius 2 is 1.82 bits per heavy atom. The molecule has 1 saturated heterocycles. The van der Waals surface area contributed by atoms with Gasteiger partial charge in [0, 0.05) is 18.5 Å². The summed E-state index contributed by atoms with van der Waals surface area (Å²) in [6, 6.07) is 7.14. The van der Waals surface area contributed by atoms with Crippen molar-refractivity contribution in [2.75, 3.05) is 13.1 Å². The van der Waals surface area contributed by atoms with E-state index in [4.69, 9.17) is 5.11 Å². The van der Waals surface area contributed by atoms with Crippen molar-refractivity contribution in [1.29, 1.82) is 0 Å². The fourth-order valence-corrected chi connectivity index (χ4v) is 2.78. The van der Waals surface area contributed by atoms with Crippen LogP contribution < -0.4 is 5.32 Å². The van der Waals surface area contributed by atoms with E-state index >= 15 is 0 Å². The third kappa shape index (κ3) is 4.31. The monoisotopic (exact) mass is 304 g/mol. The molecule has 1 aliphatic rings. The van der Waals surface area contributed by atoms with Gasteiger partial charge in [0.2, 0.25) is 5.91 Å². The highest BCUT2D eigenvalue weighted by Crippen LogP contribution is 2.19. The molecule has 0 spiro atoms. The van der Waals surface area contributed by atoms with E-state index in [0.29, 0.717) is 12.6 Å². The number of hydrogen-bond donors (Lipinski definition) is 2. The molecule has 0 aromatic heterocycles. The number of carboxylic acids is 1. The minimum absolute atomic E-state index is 0.0910. The first-order valence-electron chi connectivity index (χ1n) is 7.81. The Morgan fingerprint density at radius 1 is 1.23 bits per heavy atom. The first-order valence-corrected chi connectivity index (χ1v) is 7.81. The Labute approximate surface area is 131 Å². The van der Waals surface area contributed by atoms with Gasteiger partial charge >= 0.3 is 5.97 Å². The smallest absolute Gasteiger partial charge is 0.335 e. The molecule has 2 N–H and O–H groups in total.